The first-order valence-corrected chi connectivity index (χ1v) is 15.6. The van der Waals surface area contributed by atoms with E-state index in [1.807, 2.05) is 13.8 Å². The van der Waals surface area contributed by atoms with Crippen molar-refractivity contribution in [2.24, 2.45) is 5.92 Å². The highest BCUT2D eigenvalue weighted by Crippen LogP contribution is 2.33. The number of carbonyl (C=O) groups excluding carboxylic acids is 3. The van der Waals surface area contributed by atoms with Gasteiger partial charge in [0.05, 0.1) is 42.6 Å². The summed E-state index contributed by atoms with van der Waals surface area (Å²) in [6.45, 7) is 4.87. The Morgan fingerprint density at radius 3 is 2.27 bits per heavy atom. The first-order valence-electron chi connectivity index (χ1n) is 15.2. The zero-order valence-corrected chi connectivity index (χ0v) is 28.4. The lowest BCUT2D eigenvalue weighted by Gasteiger charge is -2.28. The number of nitrogens with zero attached hydrogens (tertiary/aromatic N) is 3. The van der Waals surface area contributed by atoms with E-state index in [-0.39, 0.29) is 29.4 Å². The van der Waals surface area contributed by atoms with Gasteiger partial charge < -0.3 is 24.5 Å². The molecule has 0 aliphatic heterocycles. The highest BCUT2D eigenvalue weighted by Gasteiger charge is 2.30. The van der Waals surface area contributed by atoms with Gasteiger partial charge in [0.15, 0.2) is 11.8 Å². The Labute approximate surface area is 283 Å². The number of ether oxygens (including phenoxy) is 2. The lowest BCUT2D eigenvalue weighted by Crippen LogP contribution is -2.53. The van der Waals surface area contributed by atoms with Gasteiger partial charge in [-0.3, -0.25) is 19.3 Å². The molecular weight excluding hydrogens is 640 g/mol. The molecule has 2 N–H and O–H groups in total. The minimum atomic E-state index is -1.44. The molecule has 0 radical (unpaired) electrons. The van der Waals surface area contributed by atoms with Crippen LogP contribution in [-0.4, -0.2) is 78.1 Å². The number of ketones is 1. The van der Waals surface area contributed by atoms with Crippen LogP contribution < -0.4 is 15.6 Å². The van der Waals surface area contributed by atoms with E-state index in [2.05, 4.69) is 11.4 Å². The van der Waals surface area contributed by atoms with Gasteiger partial charge in [0.2, 0.25) is 5.91 Å². The molecule has 0 aliphatic carbocycles. The van der Waals surface area contributed by atoms with Gasteiger partial charge >= 0.3 is 11.9 Å². The van der Waals surface area contributed by atoms with E-state index in [4.69, 9.17) is 21.1 Å². The molecule has 0 bridgehead atoms. The molecule has 3 aromatic rings. The van der Waals surface area contributed by atoms with Crippen molar-refractivity contribution in [3.05, 3.63) is 86.8 Å². The van der Waals surface area contributed by atoms with Crippen molar-refractivity contribution in [3.8, 4) is 22.9 Å². The molecule has 254 valence electrons. The maximum absolute atomic E-state index is 13.4. The van der Waals surface area contributed by atoms with Crippen molar-refractivity contribution < 1.29 is 33.8 Å². The topological polar surface area (TPSA) is 168 Å². The van der Waals surface area contributed by atoms with E-state index in [1.165, 1.54) is 36.1 Å². The molecule has 13 heteroatoms. The van der Waals surface area contributed by atoms with E-state index >= 15 is 0 Å². The summed E-state index contributed by atoms with van der Waals surface area (Å²) < 4.78 is 12.0. The Hall–Kier alpha value is -4.99. The zero-order chi connectivity index (χ0) is 35.7. The molecule has 3 rings (SSSR count). The Morgan fingerprint density at radius 1 is 1.06 bits per heavy atom. The van der Waals surface area contributed by atoms with Crippen LogP contribution in [0.25, 0.3) is 11.1 Å². The minimum Gasteiger partial charge on any atom is -0.495 e. The normalized spacial score (nSPS) is 12.9. The van der Waals surface area contributed by atoms with Gasteiger partial charge in [0.1, 0.15) is 12.4 Å². The Morgan fingerprint density at radius 2 is 1.73 bits per heavy atom. The number of nitrogens with one attached hydrogen (secondary N) is 1. The molecule has 0 saturated heterocycles. The van der Waals surface area contributed by atoms with Crippen LogP contribution in [0.4, 0.5) is 0 Å². The van der Waals surface area contributed by atoms with Crippen LogP contribution >= 0.6 is 11.6 Å². The van der Waals surface area contributed by atoms with E-state index in [0.29, 0.717) is 33.7 Å². The number of aromatic nitrogens is 1. The van der Waals surface area contributed by atoms with Crippen LogP contribution in [0, 0.1) is 17.2 Å². The molecular formula is C35H39ClN4O8. The van der Waals surface area contributed by atoms with Gasteiger partial charge in [-0.2, -0.15) is 5.26 Å². The molecule has 0 fully saturated rings. The standard InChI is InChI=1S/C35H39ClN4O8/c1-7-28(40-18-30(47-6)26(16-31(40)42)25-15-24(36)13-12-23(25)17-37)29(41)14-21-8-10-22(11-9-21)35(46)48-19-27(34(44)45)38-33(43)32(20(2)3)39(4)5/h8-13,15-16,18,20,27-28,32H,7,14,19H2,1-6H3,(H,38,43)(H,44,45)/t27-,28?,32-/m0/s1. The number of aliphatic carboxylic acids is 1. The van der Waals surface area contributed by atoms with Crippen molar-refractivity contribution in [3.63, 3.8) is 0 Å². The maximum atomic E-state index is 13.4. The highest BCUT2D eigenvalue weighted by molar-refractivity contribution is 6.31. The number of halogens is 1. The van der Waals surface area contributed by atoms with Gasteiger partial charge in [-0.25, -0.2) is 9.59 Å². The van der Waals surface area contributed by atoms with Gasteiger partial charge in [0, 0.05) is 28.6 Å². The molecule has 2 aromatic carbocycles. The predicted molar refractivity (Wildman–Crippen MR) is 179 cm³/mol. The molecule has 1 heterocycles. The SMILES string of the molecule is CCC(C(=O)Cc1ccc(C(=O)OC[C@H](NC(=O)[C@H](C(C)C)N(C)C)C(=O)O)cc1)n1cc(OC)c(-c2cc(Cl)ccc2C#N)cc1=O. The molecule has 3 atom stereocenters. The fourth-order valence-electron chi connectivity index (χ4n) is 5.45. The lowest BCUT2D eigenvalue weighted by atomic mass is 9.98. The van der Waals surface area contributed by atoms with Gasteiger partial charge in [-0.1, -0.05) is 44.5 Å². The number of esters is 1. The summed E-state index contributed by atoms with van der Waals surface area (Å²) in [5.41, 5.74) is 1.33. The van der Waals surface area contributed by atoms with E-state index in [1.54, 1.807) is 56.3 Å². The van der Waals surface area contributed by atoms with Crippen molar-refractivity contribution in [1.29, 1.82) is 5.26 Å². The molecule has 1 unspecified atom stereocenters. The number of methoxy groups -OCH3 is 1. The number of carboxylic acids is 1. The monoisotopic (exact) mass is 678 g/mol. The summed E-state index contributed by atoms with van der Waals surface area (Å²) in [5, 5.41) is 22.0. The van der Waals surface area contributed by atoms with Crippen LogP contribution in [0.15, 0.2) is 59.5 Å². The summed E-state index contributed by atoms with van der Waals surface area (Å²) in [6.07, 6.45) is 1.70. The second-order valence-electron chi connectivity index (χ2n) is 11.7. The number of benzene rings is 2. The third-order valence-corrected chi connectivity index (χ3v) is 8.01. The Balaban J connectivity index is 1.72. The summed E-state index contributed by atoms with van der Waals surface area (Å²) in [5.74, 6) is -2.71. The van der Waals surface area contributed by atoms with Crippen LogP contribution in [0.3, 0.4) is 0 Å². The molecule has 1 aromatic heterocycles. The second-order valence-corrected chi connectivity index (χ2v) is 12.2. The molecule has 0 aliphatic rings. The first-order chi connectivity index (χ1) is 22.7. The third-order valence-electron chi connectivity index (χ3n) is 7.77. The summed E-state index contributed by atoms with van der Waals surface area (Å²) in [6, 6.07) is 11.3. The maximum Gasteiger partial charge on any atom is 0.338 e. The molecule has 0 saturated carbocycles. The second kappa shape index (κ2) is 16.7. The summed E-state index contributed by atoms with van der Waals surface area (Å²) in [7, 11) is 4.85. The largest absolute Gasteiger partial charge is 0.495 e. The number of Topliss-reactive ketones (excluding diaryl/α,β-unsaturated/α-hetero) is 1. The third kappa shape index (κ3) is 9.08. The van der Waals surface area contributed by atoms with Crippen molar-refractivity contribution in [2.75, 3.05) is 27.8 Å². The van der Waals surface area contributed by atoms with Gasteiger partial charge in [0.25, 0.3) is 5.56 Å². The number of likely N-dealkylation sites (N-methyl/N-ethyl adjacent to an activating group) is 1. The molecule has 48 heavy (non-hydrogen) atoms. The number of amides is 1. The van der Waals surface area contributed by atoms with Crippen LogP contribution in [-0.2, 0) is 25.5 Å². The van der Waals surface area contributed by atoms with E-state index in [9.17, 15) is 34.3 Å². The van der Waals surface area contributed by atoms with Crippen LogP contribution in [0.5, 0.6) is 5.75 Å². The Bertz CT molecular complexity index is 1750. The van der Waals surface area contributed by atoms with Crippen molar-refractivity contribution >= 4 is 35.2 Å². The minimum absolute atomic E-state index is 0.0484. The number of pyridine rings is 1. The number of rotatable bonds is 15. The summed E-state index contributed by atoms with van der Waals surface area (Å²) >= 11 is 6.15. The number of nitriles is 1. The average molecular weight is 679 g/mol. The zero-order valence-electron chi connectivity index (χ0n) is 27.7. The number of hydrogen-bond donors (Lipinski definition) is 2. The van der Waals surface area contributed by atoms with Gasteiger partial charge in [-0.15, -0.1) is 0 Å². The number of carbonyl (C=O) groups is 4. The average Bonchev–Trinajstić information content (AvgIpc) is 3.03. The summed E-state index contributed by atoms with van der Waals surface area (Å²) in [4.78, 5) is 65.5. The molecule has 12 nitrogen and oxygen atoms in total. The van der Waals surface area contributed by atoms with E-state index in [0.717, 1.165) is 0 Å². The van der Waals surface area contributed by atoms with Crippen LogP contribution in [0.2, 0.25) is 5.02 Å². The fourth-order valence-corrected chi connectivity index (χ4v) is 5.62. The smallest absolute Gasteiger partial charge is 0.338 e. The quantitative estimate of drug-likeness (QED) is 0.223. The Kier molecular flexibility index (Phi) is 13.0. The van der Waals surface area contributed by atoms with Gasteiger partial charge in [-0.05, 0) is 62.3 Å². The number of carboxylic acid groups (broad SMARTS) is 1. The first kappa shape index (κ1) is 37.5. The lowest BCUT2D eigenvalue weighted by molar-refractivity contribution is -0.144. The van der Waals surface area contributed by atoms with Crippen LogP contribution in [0.1, 0.15) is 54.7 Å². The molecule has 1 amide bonds. The predicted octanol–water partition coefficient (Wildman–Crippen LogP) is 4.12. The molecule has 0 spiro atoms. The van der Waals surface area contributed by atoms with E-state index < -0.39 is 48.1 Å². The number of hydrogen-bond acceptors (Lipinski definition) is 9. The van der Waals surface area contributed by atoms with Crippen molar-refractivity contribution in [1.82, 2.24) is 14.8 Å². The highest BCUT2D eigenvalue weighted by atomic mass is 35.5. The van der Waals surface area contributed by atoms with Crippen molar-refractivity contribution in [2.45, 2.75) is 51.7 Å². The fraction of sp³-hybridized carbons (Fsp3) is 0.371.